The van der Waals surface area contributed by atoms with Crippen LogP contribution in [0.1, 0.15) is 10.9 Å². The van der Waals surface area contributed by atoms with Crippen molar-refractivity contribution in [3.05, 3.63) is 63.9 Å². The highest BCUT2D eigenvalue weighted by Gasteiger charge is 2.32. The Bertz CT molecular complexity index is 744. The highest BCUT2D eigenvalue weighted by atomic mass is 35.5. The molecule has 0 aromatic heterocycles. The van der Waals surface area contributed by atoms with Crippen LogP contribution in [0.3, 0.4) is 0 Å². The summed E-state index contributed by atoms with van der Waals surface area (Å²) in [7, 11) is 0. The lowest BCUT2D eigenvalue weighted by Crippen LogP contribution is -2.34. The number of hydrogen-bond donors (Lipinski definition) is 1. The number of anilines is 1. The van der Waals surface area contributed by atoms with Crippen LogP contribution >= 0.6 is 35.0 Å². The summed E-state index contributed by atoms with van der Waals surface area (Å²) in [5.41, 5.74) is 1.26. The molecule has 1 aliphatic rings. The number of carbonyl (C=O) groups is 1. The van der Waals surface area contributed by atoms with E-state index in [9.17, 15) is 9.18 Å². The summed E-state index contributed by atoms with van der Waals surface area (Å²) in [5, 5.41) is 3.61. The van der Waals surface area contributed by atoms with Gasteiger partial charge in [-0.25, -0.2) is 9.18 Å². The number of thioether (sulfide) groups is 1. The first-order valence-electron chi connectivity index (χ1n) is 6.94. The van der Waals surface area contributed by atoms with E-state index in [2.05, 4.69) is 5.32 Å². The summed E-state index contributed by atoms with van der Waals surface area (Å²) < 4.78 is 13.2. The minimum absolute atomic E-state index is 0.187. The van der Waals surface area contributed by atoms with Crippen molar-refractivity contribution in [2.24, 2.45) is 0 Å². The van der Waals surface area contributed by atoms with E-state index in [1.807, 2.05) is 6.07 Å². The molecular formula is C16H13Cl2FN2OS. The predicted molar refractivity (Wildman–Crippen MR) is 93.8 cm³/mol. The number of nitrogens with zero attached hydrogens (tertiary/aromatic N) is 1. The Morgan fingerprint density at radius 3 is 2.83 bits per heavy atom. The third-order valence-corrected chi connectivity index (χ3v) is 5.26. The number of benzene rings is 2. The fourth-order valence-electron chi connectivity index (χ4n) is 2.40. The first kappa shape index (κ1) is 16.4. The van der Waals surface area contributed by atoms with Crippen molar-refractivity contribution in [1.29, 1.82) is 0 Å². The Kier molecular flexibility index (Phi) is 4.99. The van der Waals surface area contributed by atoms with Crippen LogP contribution in [-0.4, -0.2) is 23.2 Å². The lowest BCUT2D eigenvalue weighted by molar-refractivity contribution is 0.214. The number of rotatable bonds is 2. The highest BCUT2D eigenvalue weighted by molar-refractivity contribution is 7.99. The largest absolute Gasteiger partial charge is 0.323 e. The molecule has 23 heavy (non-hydrogen) atoms. The summed E-state index contributed by atoms with van der Waals surface area (Å²) >= 11 is 13.8. The van der Waals surface area contributed by atoms with E-state index >= 15 is 0 Å². The molecule has 7 heteroatoms. The molecule has 120 valence electrons. The smallest absolute Gasteiger partial charge is 0.308 e. The number of carbonyl (C=O) groups excluding carboxylic acids is 1. The number of nitrogens with one attached hydrogen (secondary N) is 1. The predicted octanol–water partition coefficient (Wildman–Crippen LogP) is 5.41. The van der Waals surface area contributed by atoms with Gasteiger partial charge in [-0.15, -0.1) is 11.8 Å². The van der Waals surface area contributed by atoms with Gasteiger partial charge in [0.25, 0.3) is 0 Å². The first-order valence-corrected chi connectivity index (χ1v) is 8.75. The maximum Gasteiger partial charge on any atom is 0.323 e. The van der Waals surface area contributed by atoms with Gasteiger partial charge in [0.05, 0.1) is 0 Å². The lowest BCUT2D eigenvalue weighted by Gasteiger charge is -2.25. The van der Waals surface area contributed by atoms with E-state index in [0.717, 1.165) is 11.3 Å². The Hall–Kier alpha value is -1.43. The standard InChI is InChI=1S/C16H13Cl2FN2OS/c17-10-4-5-13(14(18)8-10)15-21(6-7-23-15)16(22)20-12-3-1-2-11(19)9-12/h1-5,8-9,15H,6-7H2,(H,20,22). The van der Waals surface area contributed by atoms with Crippen LogP contribution in [0.15, 0.2) is 42.5 Å². The molecule has 1 N–H and O–H groups in total. The number of hydrogen-bond acceptors (Lipinski definition) is 2. The van der Waals surface area contributed by atoms with E-state index < -0.39 is 5.82 Å². The van der Waals surface area contributed by atoms with Gasteiger partial charge in [-0.1, -0.05) is 35.3 Å². The summed E-state index contributed by atoms with van der Waals surface area (Å²) in [6, 6.07) is 10.8. The van der Waals surface area contributed by atoms with Crippen LogP contribution < -0.4 is 5.32 Å². The average molecular weight is 371 g/mol. The van der Waals surface area contributed by atoms with Crippen molar-refractivity contribution >= 4 is 46.7 Å². The van der Waals surface area contributed by atoms with Crippen molar-refractivity contribution in [3.63, 3.8) is 0 Å². The lowest BCUT2D eigenvalue weighted by atomic mass is 10.2. The summed E-state index contributed by atoms with van der Waals surface area (Å²) in [4.78, 5) is 14.2. The molecule has 0 radical (unpaired) electrons. The van der Waals surface area contributed by atoms with E-state index in [4.69, 9.17) is 23.2 Å². The first-order chi connectivity index (χ1) is 11.0. The molecule has 1 unspecified atom stereocenters. The monoisotopic (exact) mass is 370 g/mol. The molecule has 0 aliphatic carbocycles. The van der Waals surface area contributed by atoms with Crippen LogP contribution in [0, 0.1) is 5.82 Å². The molecule has 0 bridgehead atoms. The molecule has 0 spiro atoms. The van der Waals surface area contributed by atoms with Gasteiger partial charge in [-0.2, -0.15) is 0 Å². The Morgan fingerprint density at radius 1 is 1.26 bits per heavy atom. The molecular weight excluding hydrogens is 358 g/mol. The Morgan fingerprint density at radius 2 is 2.09 bits per heavy atom. The van der Waals surface area contributed by atoms with Crippen LogP contribution in [0.25, 0.3) is 0 Å². The van der Waals surface area contributed by atoms with Gasteiger partial charge in [-0.05, 0) is 30.3 Å². The summed E-state index contributed by atoms with van der Waals surface area (Å²) in [5.74, 6) is 0.413. The number of halogens is 3. The van der Waals surface area contributed by atoms with Gasteiger partial charge in [0.2, 0.25) is 0 Å². The van der Waals surface area contributed by atoms with Crippen LogP contribution in [0.4, 0.5) is 14.9 Å². The highest BCUT2D eigenvalue weighted by Crippen LogP contribution is 2.41. The molecule has 1 fully saturated rings. The molecule has 1 heterocycles. The SMILES string of the molecule is O=C(Nc1cccc(F)c1)N1CCSC1c1ccc(Cl)cc1Cl. The molecule has 3 rings (SSSR count). The minimum Gasteiger partial charge on any atom is -0.308 e. The Balaban J connectivity index is 1.79. The van der Waals surface area contributed by atoms with Gasteiger partial charge in [0, 0.05) is 33.6 Å². The zero-order valence-corrected chi connectivity index (χ0v) is 14.3. The van der Waals surface area contributed by atoms with Crippen molar-refractivity contribution in [2.45, 2.75) is 5.37 Å². The van der Waals surface area contributed by atoms with Gasteiger partial charge < -0.3 is 10.2 Å². The molecule has 3 nitrogen and oxygen atoms in total. The normalized spacial score (nSPS) is 17.3. The topological polar surface area (TPSA) is 32.3 Å². The Labute approximate surface area is 147 Å². The van der Waals surface area contributed by atoms with E-state index in [1.165, 1.54) is 12.1 Å². The van der Waals surface area contributed by atoms with E-state index in [1.54, 1.807) is 40.9 Å². The fourth-order valence-corrected chi connectivity index (χ4v) is 4.27. The molecule has 1 saturated heterocycles. The molecule has 2 amide bonds. The average Bonchev–Trinajstić information content (AvgIpc) is 2.96. The zero-order chi connectivity index (χ0) is 16.4. The van der Waals surface area contributed by atoms with E-state index in [0.29, 0.717) is 22.3 Å². The van der Waals surface area contributed by atoms with Crippen LogP contribution in [0.5, 0.6) is 0 Å². The zero-order valence-electron chi connectivity index (χ0n) is 11.9. The second-order valence-corrected chi connectivity index (χ2v) is 7.05. The fraction of sp³-hybridized carbons (Fsp3) is 0.188. The van der Waals surface area contributed by atoms with Gasteiger partial charge in [0.1, 0.15) is 11.2 Å². The van der Waals surface area contributed by atoms with Crippen LogP contribution in [0.2, 0.25) is 10.0 Å². The van der Waals surface area contributed by atoms with Gasteiger partial charge in [0.15, 0.2) is 0 Å². The van der Waals surface area contributed by atoms with Crippen molar-refractivity contribution in [2.75, 3.05) is 17.6 Å². The third-order valence-electron chi connectivity index (χ3n) is 3.46. The van der Waals surface area contributed by atoms with Crippen LogP contribution in [-0.2, 0) is 0 Å². The summed E-state index contributed by atoms with van der Waals surface area (Å²) in [6.45, 7) is 0.593. The maximum atomic E-state index is 13.2. The quantitative estimate of drug-likeness (QED) is 0.765. The third kappa shape index (κ3) is 3.74. The second-order valence-electron chi connectivity index (χ2n) is 5.02. The summed E-state index contributed by atoms with van der Waals surface area (Å²) in [6.07, 6.45) is 0. The number of amides is 2. The second kappa shape index (κ2) is 6.99. The van der Waals surface area contributed by atoms with E-state index in [-0.39, 0.29) is 11.4 Å². The molecule has 2 aromatic carbocycles. The van der Waals surface area contributed by atoms with Gasteiger partial charge >= 0.3 is 6.03 Å². The minimum atomic E-state index is -0.393. The van der Waals surface area contributed by atoms with Crippen molar-refractivity contribution in [3.8, 4) is 0 Å². The molecule has 1 aliphatic heterocycles. The van der Waals surface area contributed by atoms with Crippen molar-refractivity contribution < 1.29 is 9.18 Å². The maximum absolute atomic E-state index is 13.2. The van der Waals surface area contributed by atoms with Gasteiger partial charge in [-0.3, -0.25) is 0 Å². The van der Waals surface area contributed by atoms with Crippen molar-refractivity contribution in [1.82, 2.24) is 4.90 Å². The molecule has 2 aromatic rings. The molecule has 0 saturated carbocycles. The number of urea groups is 1. The molecule has 1 atom stereocenters.